The number of hydrogen-bond donors (Lipinski definition) is 1. The number of halogens is 3. The summed E-state index contributed by atoms with van der Waals surface area (Å²) in [7, 11) is -3.25. The van der Waals surface area contributed by atoms with Crippen molar-refractivity contribution < 1.29 is 17.2 Å². The van der Waals surface area contributed by atoms with Crippen molar-refractivity contribution in [2.24, 2.45) is 10.7 Å². The van der Waals surface area contributed by atoms with Gasteiger partial charge in [-0.2, -0.15) is 0 Å². The van der Waals surface area contributed by atoms with Crippen LogP contribution in [-0.4, -0.2) is 51.7 Å². The average Bonchev–Trinajstić information content (AvgIpc) is 2.67. The molecule has 30 heavy (non-hydrogen) atoms. The quantitative estimate of drug-likeness (QED) is 0.352. The van der Waals surface area contributed by atoms with Crippen molar-refractivity contribution in [1.29, 1.82) is 0 Å². The minimum absolute atomic E-state index is 0. The summed E-state index contributed by atoms with van der Waals surface area (Å²) >= 11 is 0. The molecule has 0 aliphatic carbocycles. The zero-order valence-corrected chi connectivity index (χ0v) is 19.7. The molecule has 0 amide bonds. The van der Waals surface area contributed by atoms with E-state index < -0.39 is 15.7 Å². The third-order valence-corrected chi connectivity index (χ3v) is 5.63. The second-order valence-corrected chi connectivity index (χ2v) is 9.25. The molecule has 0 saturated carbocycles. The Morgan fingerprint density at radius 1 is 1.00 bits per heavy atom. The van der Waals surface area contributed by atoms with E-state index in [-0.39, 0.29) is 42.1 Å². The summed E-state index contributed by atoms with van der Waals surface area (Å²) in [6.07, 6.45) is 1.14. The van der Waals surface area contributed by atoms with E-state index >= 15 is 0 Å². The van der Waals surface area contributed by atoms with Gasteiger partial charge in [-0.05, 0) is 47.5 Å². The van der Waals surface area contributed by atoms with E-state index in [1.165, 1.54) is 30.3 Å². The summed E-state index contributed by atoms with van der Waals surface area (Å²) in [6, 6.07) is 10.4. The fraction of sp³-hybridized carbons (Fsp3) is 0.350. The van der Waals surface area contributed by atoms with E-state index in [4.69, 9.17) is 5.73 Å². The summed E-state index contributed by atoms with van der Waals surface area (Å²) in [5, 5.41) is 0. The lowest BCUT2D eigenvalue weighted by Gasteiger charge is -2.36. The van der Waals surface area contributed by atoms with Crippen LogP contribution in [0, 0.1) is 11.6 Å². The highest BCUT2D eigenvalue weighted by molar-refractivity contribution is 14.0. The number of guanidine groups is 1. The van der Waals surface area contributed by atoms with Crippen LogP contribution in [0.1, 0.15) is 11.1 Å². The van der Waals surface area contributed by atoms with Crippen LogP contribution in [-0.2, 0) is 22.1 Å². The number of piperazine rings is 1. The Bertz CT molecular complexity index is 992. The first-order valence-electron chi connectivity index (χ1n) is 9.22. The maximum absolute atomic E-state index is 13.6. The molecule has 0 spiro atoms. The lowest BCUT2D eigenvalue weighted by molar-refractivity contribution is 0.380. The number of nitrogens with zero attached hydrogens (tertiary/aromatic N) is 3. The molecule has 1 heterocycles. The van der Waals surface area contributed by atoms with E-state index in [1.807, 2.05) is 4.90 Å². The standard InChI is InChI=1S/C20H24F2N4O2S.HI/c1-29(27,28)14-15-2-3-18(22)12-16(15)13-24-20(23)26-10-8-25(9-11-26)19-6-4-17(21)5-7-19;/h2-7,12H,8-11,13-14H2,1H3,(H2,23,24);1H. The molecular weight excluding hydrogens is 525 g/mol. The zero-order chi connectivity index (χ0) is 21.0. The highest BCUT2D eigenvalue weighted by atomic mass is 127. The predicted molar refractivity (Wildman–Crippen MR) is 126 cm³/mol. The lowest BCUT2D eigenvalue weighted by Crippen LogP contribution is -2.51. The van der Waals surface area contributed by atoms with Gasteiger partial charge in [-0.1, -0.05) is 6.07 Å². The SMILES string of the molecule is CS(=O)(=O)Cc1ccc(F)cc1CN=C(N)N1CCN(c2ccc(F)cc2)CC1.I. The zero-order valence-electron chi connectivity index (χ0n) is 16.6. The molecule has 0 aromatic heterocycles. The van der Waals surface area contributed by atoms with Crippen LogP contribution in [0.4, 0.5) is 14.5 Å². The normalized spacial score (nSPS) is 15.1. The van der Waals surface area contributed by atoms with Crippen LogP contribution in [0.5, 0.6) is 0 Å². The number of benzene rings is 2. The Morgan fingerprint density at radius 3 is 2.20 bits per heavy atom. The Morgan fingerprint density at radius 2 is 1.60 bits per heavy atom. The first-order chi connectivity index (χ1) is 13.7. The largest absolute Gasteiger partial charge is 0.370 e. The van der Waals surface area contributed by atoms with Gasteiger partial charge in [0, 0.05) is 38.1 Å². The summed E-state index contributed by atoms with van der Waals surface area (Å²) in [5.41, 5.74) is 8.09. The number of rotatable bonds is 5. The molecule has 3 rings (SSSR count). The van der Waals surface area contributed by atoms with Gasteiger partial charge in [-0.15, -0.1) is 24.0 Å². The van der Waals surface area contributed by atoms with Crippen molar-refractivity contribution in [2.45, 2.75) is 12.3 Å². The Kier molecular flexibility index (Phi) is 8.42. The van der Waals surface area contributed by atoms with Crippen molar-refractivity contribution in [2.75, 3.05) is 37.3 Å². The third kappa shape index (κ3) is 6.79. The fourth-order valence-electron chi connectivity index (χ4n) is 3.28. The molecule has 1 fully saturated rings. The van der Waals surface area contributed by atoms with Crippen LogP contribution in [0.15, 0.2) is 47.5 Å². The van der Waals surface area contributed by atoms with Crippen molar-refractivity contribution in [3.8, 4) is 0 Å². The molecule has 1 aliphatic heterocycles. The van der Waals surface area contributed by atoms with E-state index in [2.05, 4.69) is 9.89 Å². The third-order valence-electron chi connectivity index (χ3n) is 4.79. The molecule has 0 atom stereocenters. The molecule has 1 aliphatic rings. The fourth-order valence-corrected chi connectivity index (χ4v) is 4.12. The first-order valence-corrected chi connectivity index (χ1v) is 11.3. The molecule has 2 aromatic carbocycles. The summed E-state index contributed by atoms with van der Waals surface area (Å²) in [5.74, 6) is -0.553. The van der Waals surface area contributed by atoms with Crippen LogP contribution in [0.25, 0.3) is 0 Å². The van der Waals surface area contributed by atoms with Gasteiger partial charge in [0.15, 0.2) is 15.8 Å². The molecular formula is C20H25F2IN4O2S. The van der Waals surface area contributed by atoms with Crippen LogP contribution in [0.3, 0.4) is 0 Å². The predicted octanol–water partition coefficient (Wildman–Crippen LogP) is 2.76. The molecule has 10 heteroatoms. The minimum Gasteiger partial charge on any atom is -0.370 e. The summed E-state index contributed by atoms with van der Waals surface area (Å²) in [6.45, 7) is 2.81. The van der Waals surface area contributed by atoms with E-state index in [0.717, 1.165) is 11.9 Å². The van der Waals surface area contributed by atoms with E-state index in [1.54, 1.807) is 12.1 Å². The maximum Gasteiger partial charge on any atom is 0.191 e. The van der Waals surface area contributed by atoms with Gasteiger partial charge in [0.2, 0.25) is 0 Å². The number of aliphatic imine (C=N–C) groups is 1. The van der Waals surface area contributed by atoms with Gasteiger partial charge < -0.3 is 15.5 Å². The summed E-state index contributed by atoms with van der Waals surface area (Å²) in [4.78, 5) is 8.42. The average molecular weight is 550 g/mol. The Labute approximate surface area is 192 Å². The number of sulfone groups is 1. The highest BCUT2D eigenvalue weighted by Crippen LogP contribution is 2.18. The van der Waals surface area contributed by atoms with Gasteiger partial charge in [-0.25, -0.2) is 22.2 Å². The lowest BCUT2D eigenvalue weighted by atomic mass is 10.1. The van der Waals surface area contributed by atoms with Crippen LogP contribution < -0.4 is 10.6 Å². The summed E-state index contributed by atoms with van der Waals surface area (Å²) < 4.78 is 49.9. The number of hydrogen-bond acceptors (Lipinski definition) is 4. The topological polar surface area (TPSA) is 79.0 Å². The number of anilines is 1. The molecule has 1 saturated heterocycles. The van der Waals surface area contributed by atoms with Crippen LogP contribution in [0.2, 0.25) is 0 Å². The van der Waals surface area contributed by atoms with Gasteiger partial charge >= 0.3 is 0 Å². The first kappa shape index (κ1) is 24.3. The molecule has 164 valence electrons. The van der Waals surface area contributed by atoms with Crippen molar-refractivity contribution in [1.82, 2.24) is 4.90 Å². The molecule has 0 bridgehead atoms. The van der Waals surface area contributed by atoms with Gasteiger partial charge in [-0.3, -0.25) is 0 Å². The minimum atomic E-state index is -3.25. The molecule has 2 aromatic rings. The highest BCUT2D eigenvalue weighted by Gasteiger charge is 2.19. The van der Waals surface area contributed by atoms with Crippen molar-refractivity contribution >= 4 is 45.5 Å². The molecule has 6 nitrogen and oxygen atoms in total. The maximum atomic E-state index is 13.6. The van der Waals surface area contributed by atoms with Crippen LogP contribution >= 0.6 is 24.0 Å². The Balaban J connectivity index is 0.00000320. The second kappa shape index (κ2) is 10.4. The van der Waals surface area contributed by atoms with Gasteiger partial charge in [0.25, 0.3) is 0 Å². The van der Waals surface area contributed by atoms with E-state index in [9.17, 15) is 17.2 Å². The van der Waals surface area contributed by atoms with Gasteiger partial charge in [0.05, 0.1) is 12.3 Å². The second-order valence-electron chi connectivity index (χ2n) is 7.11. The smallest absolute Gasteiger partial charge is 0.191 e. The molecule has 0 unspecified atom stereocenters. The molecule has 0 radical (unpaired) electrons. The van der Waals surface area contributed by atoms with Crippen molar-refractivity contribution in [3.63, 3.8) is 0 Å². The Hall–Kier alpha value is -1.95. The number of nitrogens with two attached hydrogens (primary N) is 1. The van der Waals surface area contributed by atoms with E-state index in [0.29, 0.717) is 43.3 Å². The van der Waals surface area contributed by atoms with Crippen molar-refractivity contribution in [3.05, 3.63) is 65.2 Å². The van der Waals surface area contributed by atoms with Gasteiger partial charge in [0.1, 0.15) is 11.6 Å². The monoisotopic (exact) mass is 550 g/mol. The molecule has 2 N–H and O–H groups in total.